The second kappa shape index (κ2) is 9.29. The minimum Gasteiger partial charge on any atom is -0.454 e. The Morgan fingerprint density at radius 3 is 2.53 bits per heavy atom. The molecule has 4 aromatic rings. The summed E-state index contributed by atoms with van der Waals surface area (Å²) in [6, 6.07) is 17.8. The number of sulfonamides is 1. The fraction of sp³-hybridized carbons (Fsp3) is 0.222. The summed E-state index contributed by atoms with van der Waals surface area (Å²) in [5.41, 5.74) is 2.83. The molecule has 186 valence electrons. The van der Waals surface area contributed by atoms with E-state index in [1.165, 1.54) is 6.07 Å². The highest BCUT2D eigenvalue weighted by molar-refractivity contribution is 9.10. The molecule has 1 atom stereocenters. The number of carbonyl (C=O) groups is 1. The molecule has 5 rings (SSSR count). The maximum atomic E-state index is 13.9. The van der Waals surface area contributed by atoms with Gasteiger partial charge in [0, 0.05) is 28.6 Å². The predicted molar refractivity (Wildman–Crippen MR) is 141 cm³/mol. The molecule has 1 amide bonds. The van der Waals surface area contributed by atoms with Crippen molar-refractivity contribution >= 4 is 42.8 Å². The second-order valence-electron chi connectivity index (χ2n) is 9.06. The Bertz CT molecular complexity index is 1590. The highest BCUT2D eigenvalue weighted by Gasteiger charge is 2.32. The van der Waals surface area contributed by atoms with Crippen molar-refractivity contribution in [3.63, 3.8) is 0 Å². The number of carbonyl (C=O) groups excluding carboxylic acids is 1. The summed E-state index contributed by atoms with van der Waals surface area (Å²) in [6.07, 6.45) is 1.86. The molecule has 2 heterocycles. The monoisotopic (exact) mass is 568 g/mol. The van der Waals surface area contributed by atoms with Crippen LogP contribution in [0.5, 0.6) is 11.5 Å². The number of halogens is 1. The standard InChI is InChI=1S/C27H25BrN2O5S/c1-16(2)19-6-4-5-7-25(19)36(32,33)29-27(31)26(17-8-11-23-24(12-17)35-15-34-23)21-14-30(3)22-13-18(28)9-10-20(21)22/h4-14,16,26H,15H2,1-3H3,(H,29,31). The van der Waals surface area contributed by atoms with Gasteiger partial charge in [-0.25, -0.2) is 13.1 Å². The molecule has 1 N–H and O–H groups in total. The van der Waals surface area contributed by atoms with Gasteiger partial charge in [0.2, 0.25) is 12.7 Å². The van der Waals surface area contributed by atoms with Crippen LogP contribution in [0.25, 0.3) is 10.9 Å². The smallest absolute Gasteiger partial charge is 0.264 e. The molecule has 1 aliphatic rings. The summed E-state index contributed by atoms with van der Waals surface area (Å²) < 4.78 is 43.1. The molecule has 7 nitrogen and oxygen atoms in total. The lowest BCUT2D eigenvalue weighted by Gasteiger charge is -2.19. The van der Waals surface area contributed by atoms with Crippen molar-refractivity contribution in [2.45, 2.75) is 30.6 Å². The van der Waals surface area contributed by atoms with Crippen molar-refractivity contribution in [2.75, 3.05) is 6.79 Å². The fourth-order valence-electron chi connectivity index (χ4n) is 4.63. The first kappa shape index (κ1) is 24.4. The van der Waals surface area contributed by atoms with Crippen LogP contribution in [0.2, 0.25) is 0 Å². The van der Waals surface area contributed by atoms with Gasteiger partial charge < -0.3 is 14.0 Å². The number of benzene rings is 3. The Kier molecular flexibility index (Phi) is 6.30. The Morgan fingerprint density at radius 1 is 1.00 bits per heavy atom. The third-order valence-corrected chi connectivity index (χ3v) is 8.27. The number of amides is 1. The highest BCUT2D eigenvalue weighted by atomic mass is 79.9. The maximum absolute atomic E-state index is 13.9. The van der Waals surface area contributed by atoms with Crippen LogP contribution in [-0.4, -0.2) is 25.7 Å². The van der Waals surface area contributed by atoms with Crippen molar-refractivity contribution in [1.82, 2.24) is 9.29 Å². The SMILES string of the molecule is CC(C)c1ccccc1S(=O)(=O)NC(=O)C(c1ccc2c(c1)OCO2)c1cn(C)c2cc(Br)ccc12. The van der Waals surface area contributed by atoms with Gasteiger partial charge in [0.15, 0.2) is 11.5 Å². The first-order valence-electron chi connectivity index (χ1n) is 11.5. The number of hydrogen-bond donors (Lipinski definition) is 1. The van der Waals surface area contributed by atoms with E-state index in [2.05, 4.69) is 20.7 Å². The van der Waals surface area contributed by atoms with Gasteiger partial charge in [0.25, 0.3) is 10.0 Å². The Morgan fingerprint density at radius 2 is 1.75 bits per heavy atom. The van der Waals surface area contributed by atoms with Crippen LogP contribution in [0.1, 0.15) is 42.4 Å². The summed E-state index contributed by atoms with van der Waals surface area (Å²) in [7, 11) is -2.24. The van der Waals surface area contributed by atoms with E-state index in [4.69, 9.17) is 9.47 Å². The molecule has 0 spiro atoms. The minimum atomic E-state index is -4.13. The Balaban J connectivity index is 1.63. The van der Waals surface area contributed by atoms with E-state index in [1.54, 1.807) is 36.4 Å². The summed E-state index contributed by atoms with van der Waals surface area (Å²) in [4.78, 5) is 14.0. The number of aromatic nitrogens is 1. The molecule has 36 heavy (non-hydrogen) atoms. The molecular weight excluding hydrogens is 544 g/mol. The molecule has 0 bridgehead atoms. The van der Waals surface area contributed by atoms with Gasteiger partial charge in [-0.15, -0.1) is 0 Å². The van der Waals surface area contributed by atoms with Crippen molar-refractivity contribution in [1.29, 1.82) is 0 Å². The van der Waals surface area contributed by atoms with Gasteiger partial charge >= 0.3 is 0 Å². The molecule has 1 aromatic heterocycles. The van der Waals surface area contributed by atoms with Crippen molar-refractivity contribution < 1.29 is 22.7 Å². The van der Waals surface area contributed by atoms with Crippen molar-refractivity contribution in [2.24, 2.45) is 7.05 Å². The second-order valence-corrected chi connectivity index (χ2v) is 11.6. The van der Waals surface area contributed by atoms with Crippen molar-refractivity contribution in [3.8, 4) is 11.5 Å². The van der Waals surface area contributed by atoms with Crippen LogP contribution in [0, 0.1) is 0 Å². The van der Waals surface area contributed by atoms with Gasteiger partial charge in [-0.05, 0) is 52.9 Å². The summed E-state index contributed by atoms with van der Waals surface area (Å²) in [5, 5.41) is 0.846. The van der Waals surface area contributed by atoms with Gasteiger partial charge in [-0.1, -0.05) is 60.1 Å². The van der Waals surface area contributed by atoms with E-state index >= 15 is 0 Å². The number of nitrogens with one attached hydrogen (secondary N) is 1. The number of ether oxygens (including phenoxy) is 2. The average Bonchev–Trinajstić information content (AvgIpc) is 3.43. The van der Waals surface area contributed by atoms with Gasteiger partial charge in [-0.2, -0.15) is 0 Å². The zero-order valence-electron chi connectivity index (χ0n) is 20.0. The predicted octanol–water partition coefficient (Wildman–Crippen LogP) is 5.43. The van der Waals surface area contributed by atoms with E-state index in [9.17, 15) is 13.2 Å². The number of fused-ring (bicyclic) bond motifs is 2. The summed E-state index contributed by atoms with van der Waals surface area (Å²) in [6.45, 7) is 3.93. The van der Waals surface area contributed by atoms with Gasteiger partial charge in [0.05, 0.1) is 10.8 Å². The minimum absolute atomic E-state index is 0.0333. The molecule has 9 heteroatoms. The topological polar surface area (TPSA) is 86.6 Å². The highest BCUT2D eigenvalue weighted by Crippen LogP contribution is 2.39. The summed E-state index contributed by atoms with van der Waals surface area (Å²) >= 11 is 3.50. The molecule has 3 aromatic carbocycles. The first-order chi connectivity index (χ1) is 17.2. The van der Waals surface area contributed by atoms with Gasteiger partial charge in [0.1, 0.15) is 0 Å². The molecule has 0 saturated carbocycles. The molecule has 1 aliphatic heterocycles. The van der Waals surface area contributed by atoms with E-state index in [1.807, 2.05) is 49.9 Å². The largest absolute Gasteiger partial charge is 0.454 e. The van der Waals surface area contributed by atoms with E-state index in [0.29, 0.717) is 28.2 Å². The van der Waals surface area contributed by atoms with Crippen LogP contribution in [0.15, 0.2) is 76.2 Å². The molecule has 1 unspecified atom stereocenters. The van der Waals surface area contributed by atoms with Crippen LogP contribution < -0.4 is 14.2 Å². The van der Waals surface area contributed by atoms with Crippen LogP contribution in [0.4, 0.5) is 0 Å². The number of rotatable bonds is 6. The van der Waals surface area contributed by atoms with Crippen LogP contribution in [0.3, 0.4) is 0 Å². The average molecular weight is 569 g/mol. The molecule has 0 fully saturated rings. The molecule has 0 aliphatic carbocycles. The third kappa shape index (κ3) is 4.37. The Hall–Kier alpha value is -3.30. The number of hydrogen-bond acceptors (Lipinski definition) is 5. The number of nitrogens with zero attached hydrogens (tertiary/aromatic N) is 1. The third-order valence-electron chi connectivity index (χ3n) is 6.35. The quantitative estimate of drug-likeness (QED) is 0.335. The Labute approximate surface area is 218 Å². The zero-order valence-corrected chi connectivity index (χ0v) is 22.4. The number of aryl methyl sites for hydroxylation is 1. The molecule has 0 saturated heterocycles. The van der Waals surface area contributed by atoms with Crippen molar-refractivity contribution in [3.05, 3.63) is 88.0 Å². The van der Waals surface area contributed by atoms with Crippen LogP contribution >= 0.6 is 15.9 Å². The lowest BCUT2D eigenvalue weighted by molar-refractivity contribution is -0.119. The maximum Gasteiger partial charge on any atom is 0.264 e. The molecule has 0 radical (unpaired) electrons. The van der Waals surface area contributed by atoms with Crippen LogP contribution in [-0.2, 0) is 21.9 Å². The fourth-order valence-corrected chi connectivity index (χ4v) is 6.35. The zero-order chi connectivity index (χ0) is 25.6. The first-order valence-corrected chi connectivity index (χ1v) is 13.7. The summed E-state index contributed by atoms with van der Waals surface area (Å²) in [5.74, 6) is -0.498. The van der Waals surface area contributed by atoms with E-state index in [-0.39, 0.29) is 17.6 Å². The van der Waals surface area contributed by atoms with Gasteiger partial charge in [-0.3, -0.25) is 4.79 Å². The molecular formula is C27H25BrN2O5S. The normalized spacial score (nSPS) is 13.8. The van der Waals surface area contributed by atoms with E-state index in [0.717, 1.165) is 15.4 Å². The lowest BCUT2D eigenvalue weighted by Crippen LogP contribution is -2.35. The van der Waals surface area contributed by atoms with E-state index < -0.39 is 21.8 Å². The lowest BCUT2D eigenvalue weighted by atomic mass is 9.90.